The Bertz CT molecular complexity index is 3700. The molecule has 1 aliphatic rings. The molecule has 4 heterocycles. The van der Waals surface area contributed by atoms with E-state index in [-0.39, 0.29) is 5.41 Å². The highest BCUT2D eigenvalue weighted by molar-refractivity contribution is 6.13. The third-order valence-corrected chi connectivity index (χ3v) is 13.3. The maximum atomic E-state index is 6.50. The Kier molecular flexibility index (Phi) is 7.04. The van der Waals surface area contributed by atoms with Crippen LogP contribution in [-0.4, -0.2) is 9.13 Å². The van der Waals surface area contributed by atoms with Gasteiger partial charge in [0.05, 0.1) is 33.4 Å². The van der Waals surface area contributed by atoms with Crippen LogP contribution in [0.15, 0.2) is 205 Å². The molecule has 12 aromatic rings. The Balaban J connectivity index is 0.954. The molecule has 0 bridgehead atoms. The van der Waals surface area contributed by atoms with E-state index in [9.17, 15) is 0 Å². The lowest BCUT2D eigenvalue weighted by Crippen LogP contribution is -2.30. The summed E-state index contributed by atoms with van der Waals surface area (Å²) in [4.78, 5) is 2.42. The fraction of sp³-hybridized carbons (Fsp3) is 0.0526. The molecule has 13 rings (SSSR count). The summed E-state index contributed by atoms with van der Waals surface area (Å²) in [5.74, 6) is 0. The van der Waals surface area contributed by atoms with Crippen molar-refractivity contribution in [3.63, 3.8) is 0 Å². The third-order valence-electron chi connectivity index (χ3n) is 13.3. The number of benzene rings is 9. The van der Waals surface area contributed by atoms with E-state index in [0.29, 0.717) is 0 Å². The molecule has 0 aliphatic carbocycles. The Morgan fingerprint density at radius 1 is 0.344 bits per heavy atom. The number of furan rings is 1. The first kappa shape index (κ1) is 34.1. The van der Waals surface area contributed by atoms with Crippen molar-refractivity contribution in [2.75, 3.05) is 4.90 Å². The zero-order valence-electron chi connectivity index (χ0n) is 33.8. The molecule has 0 fully saturated rings. The van der Waals surface area contributed by atoms with Crippen LogP contribution in [0.3, 0.4) is 0 Å². The molecule has 0 saturated heterocycles. The summed E-state index contributed by atoms with van der Waals surface area (Å²) >= 11 is 0. The van der Waals surface area contributed by atoms with Gasteiger partial charge in [-0.3, -0.25) is 0 Å². The van der Waals surface area contributed by atoms with E-state index in [4.69, 9.17) is 4.42 Å². The summed E-state index contributed by atoms with van der Waals surface area (Å²) in [6.45, 7) is 4.72. The first-order valence-corrected chi connectivity index (χ1v) is 21.1. The third kappa shape index (κ3) is 4.87. The highest BCUT2D eigenvalue weighted by atomic mass is 16.3. The Labute approximate surface area is 352 Å². The van der Waals surface area contributed by atoms with Crippen LogP contribution in [0.2, 0.25) is 0 Å². The minimum Gasteiger partial charge on any atom is -0.456 e. The molecular weight excluding hydrogens is 743 g/mol. The van der Waals surface area contributed by atoms with Crippen molar-refractivity contribution in [3.8, 4) is 22.5 Å². The lowest BCUT2D eigenvalue weighted by Gasteiger charge is -2.42. The summed E-state index contributed by atoms with van der Waals surface area (Å²) in [5.41, 5.74) is 17.2. The van der Waals surface area contributed by atoms with Crippen LogP contribution in [0, 0.1) is 0 Å². The van der Waals surface area contributed by atoms with Gasteiger partial charge >= 0.3 is 0 Å². The largest absolute Gasteiger partial charge is 0.456 e. The second-order valence-corrected chi connectivity index (χ2v) is 17.0. The van der Waals surface area contributed by atoms with Crippen molar-refractivity contribution in [2.45, 2.75) is 19.3 Å². The molecule has 0 saturated carbocycles. The Morgan fingerprint density at radius 3 is 1.48 bits per heavy atom. The van der Waals surface area contributed by atoms with E-state index in [0.717, 1.165) is 33.3 Å². The van der Waals surface area contributed by atoms with Crippen molar-refractivity contribution >= 4 is 82.6 Å². The quantitative estimate of drug-likeness (QED) is 0.178. The van der Waals surface area contributed by atoms with E-state index >= 15 is 0 Å². The Hall–Kier alpha value is -7.82. The fourth-order valence-electron chi connectivity index (χ4n) is 10.4. The topological polar surface area (TPSA) is 26.2 Å². The van der Waals surface area contributed by atoms with Crippen LogP contribution >= 0.6 is 0 Å². The van der Waals surface area contributed by atoms with Crippen molar-refractivity contribution in [3.05, 3.63) is 211 Å². The van der Waals surface area contributed by atoms with Crippen molar-refractivity contribution < 1.29 is 4.42 Å². The summed E-state index contributed by atoms with van der Waals surface area (Å²) in [6.07, 6.45) is 0. The molecule has 1 aliphatic heterocycles. The number of nitrogens with zero attached hydrogens (tertiary/aromatic N) is 3. The van der Waals surface area contributed by atoms with Gasteiger partial charge in [0.15, 0.2) is 0 Å². The fourth-order valence-corrected chi connectivity index (χ4v) is 10.4. The normalized spacial score (nSPS) is 13.5. The summed E-state index contributed by atoms with van der Waals surface area (Å²) in [5, 5.41) is 7.16. The van der Waals surface area contributed by atoms with Crippen LogP contribution in [0.1, 0.15) is 25.0 Å². The molecule has 3 aromatic heterocycles. The molecule has 0 radical (unpaired) electrons. The monoisotopic (exact) mass is 781 g/mol. The van der Waals surface area contributed by atoms with Crippen LogP contribution in [-0.2, 0) is 5.41 Å². The number of fused-ring (bicyclic) bond motifs is 11. The number of aromatic nitrogens is 2. The van der Waals surface area contributed by atoms with Crippen molar-refractivity contribution in [2.24, 2.45) is 0 Å². The van der Waals surface area contributed by atoms with Gasteiger partial charge in [-0.15, -0.1) is 0 Å². The van der Waals surface area contributed by atoms with Gasteiger partial charge in [0.1, 0.15) is 11.2 Å². The average molecular weight is 782 g/mol. The SMILES string of the molecule is CC1(C)c2ccccc2N(c2ccccc2)c2ccc(-c3ccc4c(c3)c3ccccc3n4-c3ccc4oc5ccc(-n6c7ccccc7c7ccccc76)cc5c4c3)cc21. The van der Waals surface area contributed by atoms with Crippen LogP contribution in [0.4, 0.5) is 17.1 Å². The van der Waals surface area contributed by atoms with Crippen molar-refractivity contribution in [1.29, 1.82) is 0 Å². The van der Waals surface area contributed by atoms with E-state index in [1.807, 2.05) is 0 Å². The number of anilines is 3. The first-order chi connectivity index (χ1) is 30.0. The van der Waals surface area contributed by atoms with Gasteiger partial charge < -0.3 is 18.5 Å². The maximum Gasteiger partial charge on any atom is 0.135 e. The van der Waals surface area contributed by atoms with Gasteiger partial charge in [0, 0.05) is 54.8 Å². The highest BCUT2D eigenvalue weighted by Crippen LogP contribution is 2.52. The number of hydrogen-bond donors (Lipinski definition) is 0. The lowest BCUT2D eigenvalue weighted by atomic mass is 9.73. The minimum absolute atomic E-state index is 0.187. The van der Waals surface area contributed by atoms with E-state index in [2.05, 4.69) is 228 Å². The molecule has 9 aromatic carbocycles. The first-order valence-electron chi connectivity index (χ1n) is 21.1. The minimum atomic E-state index is -0.187. The second-order valence-electron chi connectivity index (χ2n) is 17.0. The molecule has 61 heavy (non-hydrogen) atoms. The summed E-state index contributed by atoms with van der Waals surface area (Å²) < 4.78 is 11.3. The van der Waals surface area contributed by atoms with Crippen molar-refractivity contribution in [1.82, 2.24) is 9.13 Å². The Morgan fingerprint density at radius 2 is 0.836 bits per heavy atom. The molecule has 0 spiro atoms. The van der Waals surface area contributed by atoms with E-state index in [1.54, 1.807) is 0 Å². The molecule has 4 heteroatoms. The molecule has 0 unspecified atom stereocenters. The van der Waals surface area contributed by atoms with E-state index in [1.165, 1.54) is 82.9 Å². The predicted octanol–water partition coefficient (Wildman–Crippen LogP) is 15.6. The zero-order chi connectivity index (χ0) is 40.4. The summed E-state index contributed by atoms with van der Waals surface area (Å²) in [7, 11) is 0. The molecule has 0 amide bonds. The van der Waals surface area contributed by atoms with E-state index < -0.39 is 0 Å². The van der Waals surface area contributed by atoms with Gasteiger partial charge in [-0.05, 0) is 119 Å². The van der Waals surface area contributed by atoms with Gasteiger partial charge in [-0.1, -0.05) is 117 Å². The molecule has 4 nitrogen and oxygen atoms in total. The number of para-hydroxylation sites is 5. The second kappa shape index (κ2) is 12.6. The van der Waals surface area contributed by atoms with Crippen LogP contribution in [0.5, 0.6) is 0 Å². The zero-order valence-corrected chi connectivity index (χ0v) is 33.8. The van der Waals surface area contributed by atoms with Gasteiger partial charge in [0.2, 0.25) is 0 Å². The smallest absolute Gasteiger partial charge is 0.135 e. The molecule has 288 valence electrons. The van der Waals surface area contributed by atoms with Crippen LogP contribution in [0.25, 0.3) is 88.1 Å². The number of hydrogen-bond acceptors (Lipinski definition) is 2. The summed E-state index contributed by atoms with van der Waals surface area (Å²) in [6, 6.07) is 73.0. The average Bonchev–Trinajstić information content (AvgIpc) is 3.96. The van der Waals surface area contributed by atoms with Gasteiger partial charge in [-0.25, -0.2) is 0 Å². The predicted molar refractivity (Wildman–Crippen MR) is 255 cm³/mol. The van der Waals surface area contributed by atoms with Crippen LogP contribution < -0.4 is 4.90 Å². The molecular formula is C57H39N3O. The standard InChI is InChI=1S/C57H39N3O/c1-57(2)47-19-9-13-23-53(47)58(38-14-4-3-5-15-38)54-29-25-37(33-48(54)57)36-24-28-52-44(32-36)43-18-8-12-22-51(43)60(52)40-27-31-56-46(35-40)45-34-39(26-30-55(45)61-56)59-49-20-10-6-16-41(49)42-17-7-11-21-50(42)59/h3-35H,1-2H3. The van der Waals surface area contributed by atoms with Gasteiger partial charge in [-0.2, -0.15) is 0 Å². The molecule has 0 atom stereocenters. The lowest BCUT2D eigenvalue weighted by molar-refractivity contribution is 0.632. The maximum absolute atomic E-state index is 6.50. The number of rotatable bonds is 4. The molecule has 0 N–H and O–H groups in total. The highest BCUT2D eigenvalue weighted by Gasteiger charge is 2.37. The van der Waals surface area contributed by atoms with Gasteiger partial charge in [0.25, 0.3) is 0 Å².